The molecule has 84 heavy (non-hydrogen) atoms. The van der Waals surface area contributed by atoms with E-state index in [9.17, 15) is 38.4 Å². The van der Waals surface area contributed by atoms with Gasteiger partial charge in [-0.3, -0.25) is 58.0 Å². The molecule has 0 saturated heterocycles. The van der Waals surface area contributed by atoms with Crippen molar-refractivity contribution in [1.29, 1.82) is 0 Å². The molecule has 8 amide bonds. The number of nitrogens with two attached hydrogens (primary N) is 1. The molecule has 0 fully saturated rings. The Morgan fingerprint density at radius 1 is 0.429 bits per heavy atom. The number of imide groups is 4. The van der Waals surface area contributed by atoms with Crippen LogP contribution in [0.5, 0.6) is 0 Å². The zero-order chi connectivity index (χ0) is 59.4. The van der Waals surface area contributed by atoms with Gasteiger partial charge in [0.25, 0.3) is 47.3 Å². The van der Waals surface area contributed by atoms with Gasteiger partial charge in [0, 0.05) is 32.6 Å². The van der Waals surface area contributed by atoms with Crippen molar-refractivity contribution in [3.63, 3.8) is 0 Å². The van der Waals surface area contributed by atoms with Crippen molar-refractivity contribution in [3.8, 4) is 12.3 Å². The number of hydrogen-bond acceptors (Lipinski definition) is 18. The Hall–Kier alpha value is -10.5. The minimum absolute atomic E-state index is 0.208. The number of aliphatic hydroxyl groups excluding tert-OH is 1. The third-order valence-electron chi connectivity index (χ3n) is 13.5. The van der Waals surface area contributed by atoms with Crippen LogP contribution in [-0.2, 0) is 32.4 Å². The summed E-state index contributed by atoms with van der Waals surface area (Å²) in [4.78, 5) is 101. The van der Waals surface area contributed by atoms with Crippen molar-refractivity contribution in [2.75, 3.05) is 32.7 Å². The first-order valence-electron chi connectivity index (χ1n) is 26.9. The predicted molar refractivity (Wildman–Crippen MR) is 299 cm³/mol. The van der Waals surface area contributed by atoms with Crippen molar-refractivity contribution < 1.29 is 43.5 Å². The second kappa shape index (κ2) is 29.3. The monoisotopic (exact) mass is 1140 g/mol. The molecular formula is C58H59N17O9. The molecule has 0 radical (unpaired) electrons. The lowest BCUT2D eigenvalue weighted by atomic mass is 10.1. The van der Waals surface area contributed by atoms with E-state index in [1.807, 2.05) is 0 Å². The summed E-state index contributed by atoms with van der Waals surface area (Å²) in [6.07, 6.45) is 18.7. The molecular weight excluding hydrogens is 1080 g/mol. The first kappa shape index (κ1) is 59.6. The lowest BCUT2D eigenvalue weighted by Crippen LogP contribution is -2.31. The van der Waals surface area contributed by atoms with Gasteiger partial charge in [0.05, 0.1) is 92.1 Å². The number of aromatic nitrogens is 12. The summed E-state index contributed by atoms with van der Waals surface area (Å²) >= 11 is 0. The normalized spacial score (nSPS) is 13.5. The average Bonchev–Trinajstić information content (AvgIpc) is 3.52. The molecule has 4 aromatic carbocycles. The van der Waals surface area contributed by atoms with Gasteiger partial charge >= 0.3 is 0 Å². The van der Waals surface area contributed by atoms with E-state index < -0.39 is 0 Å². The molecule has 12 rings (SSSR count). The summed E-state index contributed by atoms with van der Waals surface area (Å²) in [5.74, 6) is 0.750. The van der Waals surface area contributed by atoms with Gasteiger partial charge in [0.15, 0.2) is 0 Å². The number of rotatable bonds is 19. The van der Waals surface area contributed by atoms with Crippen LogP contribution in [0, 0.1) is 12.3 Å². The van der Waals surface area contributed by atoms with Gasteiger partial charge in [0.2, 0.25) is 0 Å². The third kappa shape index (κ3) is 14.3. The van der Waals surface area contributed by atoms with Gasteiger partial charge in [-0.05, 0) is 113 Å². The SMILES string of the molecule is C#CCCCN1C(=O)c2ccccc2C1=O.NCCCc1cn[nH]n1.O=C1c2ccccc2C(=O)N1CCCc1cn[nH]n1.O=C1c2ccccc2C(=O)N1CCCc1cn[nH]n1.O=C1c2ccccc2C(=O)N1CCCc1cnnn1CO. The van der Waals surface area contributed by atoms with Crippen molar-refractivity contribution in [1.82, 2.24) is 80.8 Å². The minimum atomic E-state index is -0.246. The lowest BCUT2D eigenvalue weighted by Gasteiger charge is -2.13. The van der Waals surface area contributed by atoms with Crippen molar-refractivity contribution in [2.45, 2.75) is 70.9 Å². The number of aryl methyl sites for hydroxylation is 4. The van der Waals surface area contributed by atoms with E-state index in [0.717, 1.165) is 35.6 Å². The molecule has 8 aromatic rings. The minimum Gasteiger partial charge on any atom is -0.374 e. The molecule has 0 aliphatic carbocycles. The summed E-state index contributed by atoms with van der Waals surface area (Å²) in [6, 6.07) is 27.5. The summed E-state index contributed by atoms with van der Waals surface area (Å²) < 4.78 is 1.38. The Balaban J connectivity index is 0.000000140. The molecule has 0 unspecified atom stereocenters. The molecule has 0 atom stereocenters. The summed E-state index contributed by atoms with van der Waals surface area (Å²) in [5.41, 5.74) is 12.6. The lowest BCUT2D eigenvalue weighted by molar-refractivity contribution is 0.0637. The Labute approximate surface area is 480 Å². The van der Waals surface area contributed by atoms with Crippen molar-refractivity contribution in [2.24, 2.45) is 5.73 Å². The molecule has 4 aliphatic heterocycles. The van der Waals surface area contributed by atoms with Crippen LogP contribution in [-0.4, -0.2) is 166 Å². The Morgan fingerprint density at radius 3 is 1.00 bits per heavy atom. The van der Waals surface area contributed by atoms with E-state index in [2.05, 4.69) is 62.5 Å². The van der Waals surface area contributed by atoms with Gasteiger partial charge in [-0.2, -0.15) is 46.2 Å². The molecule has 0 bridgehead atoms. The predicted octanol–water partition coefficient (Wildman–Crippen LogP) is 3.92. The standard InChI is InChI=1S/C14H14N4O3.2C13H12N4O2.C13H11NO2.C5H10N4/c19-9-18-10(8-15-16-18)4-3-7-17-13(20)11-5-1-2-6-12(11)14(17)21;2*18-12-10-5-1-2-6-11(10)13(19)17(12)7-3-4-9-8-14-16-15-9;1-2-3-6-9-14-12(15)10-7-4-5-8-11(10)13(14)16;6-3-1-2-5-4-7-9-8-5/h1-2,5-6,8,19H,3-4,7,9H2;2*1-2,5-6,8H,3-4,7H2,(H,14,15,16);1,4-5,7-8H,3,6,9H2;4H,1-3,6H2,(H,7,8,9). The fraction of sp³-hybridized carbons (Fsp3) is 0.276. The van der Waals surface area contributed by atoms with Crippen LogP contribution in [0.1, 0.15) is 144 Å². The number of carbonyl (C=O) groups excluding carboxylic acids is 8. The largest absolute Gasteiger partial charge is 0.374 e. The maximum absolute atomic E-state index is 12.2. The quantitative estimate of drug-likeness (QED) is 0.0435. The number of nitrogens with zero attached hydrogens (tertiary/aromatic N) is 13. The Morgan fingerprint density at radius 2 is 0.726 bits per heavy atom. The number of aromatic amines is 3. The van der Waals surface area contributed by atoms with Crippen LogP contribution in [0.2, 0.25) is 0 Å². The van der Waals surface area contributed by atoms with Gasteiger partial charge in [-0.1, -0.05) is 53.7 Å². The Bertz CT molecular complexity index is 3380. The molecule has 8 heterocycles. The van der Waals surface area contributed by atoms with E-state index in [-0.39, 0.29) is 54.0 Å². The molecule has 430 valence electrons. The second-order valence-corrected chi connectivity index (χ2v) is 19.0. The number of H-pyrrole nitrogens is 3. The van der Waals surface area contributed by atoms with Crippen LogP contribution in [0.3, 0.4) is 0 Å². The van der Waals surface area contributed by atoms with Crippen LogP contribution >= 0.6 is 0 Å². The van der Waals surface area contributed by atoms with Crippen LogP contribution in [0.4, 0.5) is 0 Å². The zero-order valence-corrected chi connectivity index (χ0v) is 45.5. The van der Waals surface area contributed by atoms with Crippen LogP contribution in [0.25, 0.3) is 0 Å². The highest BCUT2D eigenvalue weighted by Gasteiger charge is 2.37. The molecule has 0 spiro atoms. The number of hydrogen-bond donors (Lipinski definition) is 5. The fourth-order valence-corrected chi connectivity index (χ4v) is 9.28. The van der Waals surface area contributed by atoms with E-state index in [4.69, 9.17) is 17.3 Å². The average molecular weight is 1140 g/mol. The Kier molecular flexibility index (Phi) is 20.8. The number of carbonyl (C=O) groups is 8. The van der Waals surface area contributed by atoms with E-state index in [1.165, 1.54) is 24.3 Å². The maximum Gasteiger partial charge on any atom is 0.261 e. The number of aliphatic hydroxyl groups is 1. The maximum atomic E-state index is 12.2. The number of nitrogens with one attached hydrogen (secondary N) is 3. The van der Waals surface area contributed by atoms with Gasteiger partial charge in [-0.25, -0.2) is 4.68 Å². The molecule has 26 nitrogen and oxygen atoms in total. The molecule has 0 saturated carbocycles. The van der Waals surface area contributed by atoms with E-state index in [1.54, 1.807) is 122 Å². The number of terminal acetylenes is 1. The van der Waals surface area contributed by atoms with Crippen molar-refractivity contribution >= 4 is 47.3 Å². The number of amides is 8. The van der Waals surface area contributed by atoms with E-state index in [0.29, 0.717) is 129 Å². The molecule has 6 N–H and O–H groups in total. The fourth-order valence-electron chi connectivity index (χ4n) is 9.28. The van der Waals surface area contributed by atoms with Crippen molar-refractivity contribution in [3.05, 3.63) is 189 Å². The highest BCUT2D eigenvalue weighted by atomic mass is 16.3. The first-order valence-corrected chi connectivity index (χ1v) is 26.9. The molecule has 4 aromatic heterocycles. The summed E-state index contributed by atoms with van der Waals surface area (Å²) in [6.45, 7) is 2.02. The van der Waals surface area contributed by atoms with Crippen LogP contribution in [0.15, 0.2) is 122 Å². The number of benzene rings is 4. The molecule has 26 heteroatoms. The second-order valence-electron chi connectivity index (χ2n) is 19.0. The first-order chi connectivity index (χ1) is 40.9. The number of fused-ring (bicyclic) bond motifs is 4. The topological polar surface area (TPSA) is 351 Å². The zero-order valence-electron chi connectivity index (χ0n) is 45.5. The van der Waals surface area contributed by atoms with Gasteiger partial charge in [0.1, 0.15) is 6.73 Å². The van der Waals surface area contributed by atoms with Gasteiger partial charge < -0.3 is 10.8 Å². The highest BCUT2D eigenvalue weighted by Crippen LogP contribution is 2.26. The smallest absolute Gasteiger partial charge is 0.261 e. The van der Waals surface area contributed by atoms with Gasteiger partial charge in [-0.15, -0.1) is 17.4 Å². The third-order valence-corrected chi connectivity index (χ3v) is 13.5. The molecule has 4 aliphatic rings. The van der Waals surface area contributed by atoms with Crippen LogP contribution < -0.4 is 5.73 Å². The number of unbranched alkanes of at least 4 members (excludes halogenated alkanes) is 1. The highest BCUT2D eigenvalue weighted by molar-refractivity contribution is 6.23. The summed E-state index contributed by atoms with van der Waals surface area (Å²) in [7, 11) is 0. The van der Waals surface area contributed by atoms with E-state index >= 15 is 0 Å². The summed E-state index contributed by atoms with van der Waals surface area (Å²) in [5, 5.41) is 46.9.